The lowest BCUT2D eigenvalue weighted by Crippen LogP contribution is -2.48. The number of nitrogens with one attached hydrogen (secondary N) is 3. The number of aromatic nitrogens is 10. The molecule has 0 saturated carbocycles. The predicted molar refractivity (Wildman–Crippen MR) is 323 cm³/mol. The van der Waals surface area contributed by atoms with E-state index >= 15 is 0 Å². The number of hydrogen-bond donors (Lipinski definition) is 3. The van der Waals surface area contributed by atoms with E-state index in [0.717, 1.165) is 75.6 Å². The summed E-state index contributed by atoms with van der Waals surface area (Å²) in [6.45, 7) is 5.72. The molecule has 3 saturated heterocycles. The number of piperidine rings is 1. The molecule has 9 heterocycles. The van der Waals surface area contributed by atoms with E-state index in [9.17, 15) is 27.2 Å². The number of morpholine rings is 2. The van der Waals surface area contributed by atoms with Gasteiger partial charge in [-0.25, -0.2) is 19.0 Å². The maximum absolute atomic E-state index is 13.5. The zero-order chi connectivity index (χ0) is 62.3. The molecule has 0 spiro atoms. The minimum absolute atomic E-state index is 0.104. The van der Waals surface area contributed by atoms with Gasteiger partial charge in [0.2, 0.25) is 0 Å². The topological polar surface area (TPSA) is 228 Å². The van der Waals surface area contributed by atoms with Crippen molar-refractivity contribution in [2.45, 2.75) is 38.2 Å². The lowest BCUT2D eigenvalue weighted by Gasteiger charge is -2.41. The van der Waals surface area contributed by atoms with Crippen LogP contribution >= 0.6 is 0 Å². The summed E-state index contributed by atoms with van der Waals surface area (Å²) in [6.07, 6.45) is 14.4. The fourth-order valence-corrected chi connectivity index (χ4v) is 11.0. The first-order chi connectivity index (χ1) is 43.8. The summed E-state index contributed by atoms with van der Waals surface area (Å²) in [5.41, 5.74) is 5.37. The zero-order valence-electron chi connectivity index (χ0n) is 48.8. The Morgan fingerprint density at radius 2 is 1.19 bits per heavy atom. The van der Waals surface area contributed by atoms with Crippen LogP contribution < -0.4 is 34.9 Å². The summed E-state index contributed by atoms with van der Waals surface area (Å²) in [5.74, 6) is 0.566. The predicted octanol–water partition coefficient (Wildman–Crippen LogP) is 9.98. The summed E-state index contributed by atoms with van der Waals surface area (Å²) in [5, 5.41) is 26.1. The van der Waals surface area contributed by atoms with Gasteiger partial charge in [-0.2, -0.15) is 38.0 Å². The molecule has 27 heteroatoms. The molecule has 3 aliphatic rings. The Hall–Kier alpha value is -10.2. The number of amides is 2. The molecule has 4 aromatic carbocycles. The van der Waals surface area contributed by atoms with E-state index in [-0.39, 0.29) is 62.6 Å². The molecular formula is C63H61F4N15O8. The minimum Gasteiger partial charge on any atom is -0.457 e. The largest absolute Gasteiger partial charge is 0.457 e. The molecule has 1 atom stereocenters. The summed E-state index contributed by atoms with van der Waals surface area (Å²) in [7, 11) is 3.31. The molecule has 3 N–H and O–H groups in total. The molecule has 90 heavy (non-hydrogen) atoms. The Balaban J connectivity index is 0.000000177. The van der Waals surface area contributed by atoms with Gasteiger partial charge in [-0.3, -0.25) is 23.9 Å². The van der Waals surface area contributed by atoms with Gasteiger partial charge < -0.3 is 49.3 Å². The van der Waals surface area contributed by atoms with Gasteiger partial charge in [0, 0.05) is 108 Å². The molecule has 13 rings (SSSR count). The minimum atomic E-state index is -3.08. The van der Waals surface area contributed by atoms with E-state index in [4.69, 9.17) is 28.4 Å². The SMILES string of the molecule is C=C(c1cccc(Oc2ccc(OC(F)F)c(-c3nn(C)cc3NC(=O)c3cnn4cccnc34)c2)c1)N1CCC(N2CCOCC2)CC1.Cn1cc(NC(=O)c2cnn3cccnc23)c(-c2cc(Oc3cccc(C4CNCCO4)c3)ccc2OC(F)F)n1. The lowest BCUT2D eigenvalue weighted by atomic mass is 10.0. The quantitative estimate of drug-likeness (QED) is 0.0679. The number of anilines is 2. The highest BCUT2D eigenvalue weighted by molar-refractivity contribution is 6.10. The third kappa shape index (κ3) is 13.9. The van der Waals surface area contributed by atoms with Crippen molar-refractivity contribution >= 4 is 40.2 Å². The first-order valence-electron chi connectivity index (χ1n) is 28.9. The van der Waals surface area contributed by atoms with Crippen LogP contribution in [0.5, 0.6) is 34.5 Å². The Bertz CT molecular complexity index is 4190. The normalized spacial score (nSPS) is 15.6. The van der Waals surface area contributed by atoms with Crippen molar-refractivity contribution in [1.29, 1.82) is 0 Å². The van der Waals surface area contributed by atoms with Gasteiger partial charge in [-0.1, -0.05) is 30.8 Å². The van der Waals surface area contributed by atoms with Crippen LogP contribution in [-0.2, 0) is 23.6 Å². The average Bonchev–Trinajstić information content (AvgIpc) is 2.52. The third-order valence-electron chi connectivity index (χ3n) is 15.3. The van der Waals surface area contributed by atoms with Crippen LogP contribution in [0.1, 0.15) is 50.8 Å². The number of aryl methyl sites for hydroxylation is 2. The van der Waals surface area contributed by atoms with E-state index in [1.807, 2.05) is 42.5 Å². The van der Waals surface area contributed by atoms with Crippen LogP contribution in [0.2, 0.25) is 0 Å². The van der Waals surface area contributed by atoms with E-state index in [1.165, 1.54) is 55.1 Å². The summed E-state index contributed by atoms with van der Waals surface area (Å²) in [6, 6.07) is 28.0. The van der Waals surface area contributed by atoms with Gasteiger partial charge in [0.25, 0.3) is 11.8 Å². The van der Waals surface area contributed by atoms with Crippen molar-refractivity contribution in [3.8, 4) is 57.0 Å². The number of carbonyl (C=O) groups excluding carboxylic acids is 2. The van der Waals surface area contributed by atoms with Crippen molar-refractivity contribution in [3.63, 3.8) is 0 Å². The fourth-order valence-electron chi connectivity index (χ4n) is 11.0. The molecule has 2 amide bonds. The van der Waals surface area contributed by atoms with Crippen LogP contribution in [0.3, 0.4) is 0 Å². The van der Waals surface area contributed by atoms with Crippen LogP contribution in [0.15, 0.2) is 153 Å². The third-order valence-corrected chi connectivity index (χ3v) is 15.3. The van der Waals surface area contributed by atoms with Crippen LogP contribution in [0.25, 0.3) is 39.5 Å². The summed E-state index contributed by atoms with van der Waals surface area (Å²) >= 11 is 0. The smallest absolute Gasteiger partial charge is 0.387 e. The van der Waals surface area contributed by atoms with E-state index < -0.39 is 25.0 Å². The summed E-state index contributed by atoms with van der Waals surface area (Å²) < 4.78 is 93.0. The number of hydrogen-bond acceptors (Lipinski definition) is 17. The van der Waals surface area contributed by atoms with Crippen LogP contribution in [-0.4, -0.2) is 149 Å². The Labute approximate surface area is 512 Å². The molecule has 10 aromatic rings. The van der Waals surface area contributed by atoms with Crippen LogP contribution in [0, 0.1) is 0 Å². The first kappa shape index (κ1) is 60.1. The molecule has 3 aliphatic heterocycles. The number of alkyl halides is 4. The Morgan fingerprint density at radius 3 is 1.72 bits per heavy atom. The van der Waals surface area contributed by atoms with E-state index in [2.05, 4.69) is 62.7 Å². The molecule has 0 radical (unpaired) electrons. The second-order valence-corrected chi connectivity index (χ2v) is 21.2. The van der Waals surface area contributed by atoms with Crippen molar-refractivity contribution in [2.24, 2.45) is 14.1 Å². The van der Waals surface area contributed by atoms with Crippen molar-refractivity contribution in [2.75, 3.05) is 69.7 Å². The van der Waals surface area contributed by atoms with Crippen LogP contribution in [0.4, 0.5) is 28.9 Å². The Morgan fingerprint density at radius 1 is 0.656 bits per heavy atom. The Kier molecular flexibility index (Phi) is 18.0. The highest BCUT2D eigenvalue weighted by atomic mass is 19.3. The highest BCUT2D eigenvalue weighted by Crippen LogP contribution is 2.41. The van der Waals surface area contributed by atoms with Gasteiger partial charge in [0.15, 0.2) is 11.3 Å². The lowest BCUT2D eigenvalue weighted by molar-refractivity contribution is -0.0501. The number of likely N-dealkylation sites (tertiary alicyclic amines) is 1. The van der Waals surface area contributed by atoms with E-state index in [1.54, 1.807) is 81.6 Å². The number of fused-ring (bicyclic) bond motifs is 2. The van der Waals surface area contributed by atoms with Gasteiger partial charge in [0.05, 0.1) is 60.8 Å². The highest BCUT2D eigenvalue weighted by Gasteiger charge is 2.29. The van der Waals surface area contributed by atoms with Gasteiger partial charge in [0.1, 0.15) is 57.0 Å². The van der Waals surface area contributed by atoms with Gasteiger partial charge in [-0.15, -0.1) is 0 Å². The van der Waals surface area contributed by atoms with Gasteiger partial charge >= 0.3 is 13.2 Å². The molecular weight excluding hydrogens is 1170 g/mol. The number of rotatable bonds is 18. The number of carbonyl (C=O) groups is 2. The van der Waals surface area contributed by atoms with Crippen molar-refractivity contribution in [1.82, 2.24) is 63.9 Å². The van der Waals surface area contributed by atoms with Gasteiger partial charge in [-0.05, 0) is 91.2 Å². The number of benzene rings is 4. The maximum atomic E-state index is 13.5. The molecule has 6 aromatic heterocycles. The second kappa shape index (κ2) is 27.0. The first-order valence-corrected chi connectivity index (χ1v) is 28.9. The molecule has 0 bridgehead atoms. The number of nitrogens with zero attached hydrogens (tertiary/aromatic N) is 12. The fraction of sp³-hybridized carbons (Fsp3) is 0.270. The van der Waals surface area contributed by atoms with E-state index in [0.29, 0.717) is 53.5 Å². The molecule has 3 fully saturated rings. The second-order valence-electron chi connectivity index (χ2n) is 21.2. The average molecular weight is 1230 g/mol. The monoisotopic (exact) mass is 1230 g/mol. The summed E-state index contributed by atoms with van der Waals surface area (Å²) in [4.78, 5) is 39.8. The standard InChI is InChI=1S/C35H36F2N8O4.C28H25F2N7O4/c1-23(43-13-9-25(10-14-43)44-15-17-47-18-16-44)24-5-3-6-26(19-24)48-27-7-8-31(49-35(36)37)28(20-27)32-30(22-42(2)41-32)40-34(46)29-21-39-45-12-4-11-38-33(29)45;1-36-16-22(34-27(38)21-14-33-37-10-3-8-32-26(21)37)25(35-36)20-13-19(6-7-23(20)41-28(29)30)40-18-5-2-4-17(12-18)24-15-31-9-11-39-24/h3-8,11-12,19-22,25,35H,1,9-10,13-18H2,2H3,(H,40,46);2-8,10,12-14,16,24,28,31H,9,11,15H2,1H3,(H,34,38). The molecule has 1 unspecified atom stereocenters. The maximum Gasteiger partial charge on any atom is 0.387 e. The van der Waals surface area contributed by atoms with Crippen molar-refractivity contribution in [3.05, 3.63) is 175 Å². The molecule has 23 nitrogen and oxygen atoms in total. The molecule has 0 aliphatic carbocycles. The van der Waals surface area contributed by atoms with Crippen molar-refractivity contribution < 1.29 is 55.6 Å². The number of ether oxygens (including phenoxy) is 6. The zero-order valence-corrected chi connectivity index (χ0v) is 48.8. The molecule has 464 valence electrons. The number of halogens is 4.